The molecule has 0 saturated carbocycles. The minimum atomic E-state index is 0.0869. The van der Waals surface area contributed by atoms with Crippen LogP contribution in [-0.4, -0.2) is 23.2 Å². The molecular formula is C8H14N2OS. The highest BCUT2D eigenvalue weighted by Gasteiger charge is 2.08. The van der Waals surface area contributed by atoms with E-state index in [4.69, 9.17) is 5.11 Å². The molecule has 1 heterocycles. The zero-order chi connectivity index (χ0) is 9.14. The number of hydrogen-bond donors (Lipinski definition) is 1. The number of thiazole rings is 1. The van der Waals surface area contributed by atoms with E-state index in [0.29, 0.717) is 6.04 Å². The zero-order valence-electron chi connectivity index (χ0n) is 7.61. The molecule has 0 fully saturated rings. The van der Waals surface area contributed by atoms with Crippen molar-refractivity contribution >= 4 is 16.5 Å². The van der Waals surface area contributed by atoms with E-state index >= 15 is 0 Å². The molecule has 0 radical (unpaired) electrons. The van der Waals surface area contributed by atoms with E-state index in [1.807, 2.05) is 7.05 Å². The van der Waals surface area contributed by atoms with Crippen molar-refractivity contribution in [1.29, 1.82) is 0 Å². The molecular weight excluding hydrogens is 172 g/mol. The van der Waals surface area contributed by atoms with Gasteiger partial charge in [0.15, 0.2) is 5.13 Å². The van der Waals surface area contributed by atoms with Crippen LogP contribution in [0.2, 0.25) is 0 Å². The first-order chi connectivity index (χ1) is 5.65. The Balaban J connectivity index is 2.74. The summed E-state index contributed by atoms with van der Waals surface area (Å²) in [5.41, 5.74) is 0. The van der Waals surface area contributed by atoms with E-state index in [-0.39, 0.29) is 6.61 Å². The Morgan fingerprint density at radius 1 is 1.67 bits per heavy atom. The van der Waals surface area contributed by atoms with Crippen LogP contribution in [0, 0.1) is 0 Å². The molecule has 0 atom stereocenters. The van der Waals surface area contributed by atoms with Crippen LogP contribution in [0.15, 0.2) is 6.20 Å². The summed E-state index contributed by atoms with van der Waals surface area (Å²) in [7, 11) is 2.00. The number of rotatable bonds is 3. The van der Waals surface area contributed by atoms with Crippen molar-refractivity contribution < 1.29 is 5.11 Å². The lowest BCUT2D eigenvalue weighted by atomic mass is 10.4. The Bertz CT molecular complexity index is 247. The van der Waals surface area contributed by atoms with Gasteiger partial charge in [0.2, 0.25) is 0 Å². The molecule has 0 unspecified atom stereocenters. The van der Waals surface area contributed by atoms with Crippen molar-refractivity contribution in [3.05, 3.63) is 11.1 Å². The van der Waals surface area contributed by atoms with Crippen LogP contribution in [0.3, 0.4) is 0 Å². The Morgan fingerprint density at radius 3 is 2.75 bits per heavy atom. The summed E-state index contributed by atoms with van der Waals surface area (Å²) < 4.78 is 0. The number of aliphatic hydroxyl groups excluding tert-OH is 1. The molecule has 0 aliphatic heterocycles. The highest BCUT2D eigenvalue weighted by molar-refractivity contribution is 7.15. The number of aliphatic hydroxyl groups is 1. The highest BCUT2D eigenvalue weighted by Crippen LogP contribution is 2.22. The lowest BCUT2D eigenvalue weighted by molar-refractivity contribution is 0.285. The van der Waals surface area contributed by atoms with Gasteiger partial charge in [-0.25, -0.2) is 4.98 Å². The molecule has 0 aliphatic carbocycles. The average molecular weight is 186 g/mol. The molecule has 0 aliphatic rings. The van der Waals surface area contributed by atoms with Crippen LogP contribution in [0.1, 0.15) is 18.7 Å². The lowest BCUT2D eigenvalue weighted by Gasteiger charge is -2.19. The zero-order valence-corrected chi connectivity index (χ0v) is 8.43. The average Bonchev–Trinajstić information content (AvgIpc) is 2.50. The van der Waals surface area contributed by atoms with Gasteiger partial charge in [0.05, 0.1) is 11.5 Å². The monoisotopic (exact) mass is 186 g/mol. The van der Waals surface area contributed by atoms with Crippen LogP contribution in [0.25, 0.3) is 0 Å². The van der Waals surface area contributed by atoms with E-state index in [0.717, 1.165) is 10.0 Å². The fourth-order valence-corrected chi connectivity index (χ4v) is 1.62. The van der Waals surface area contributed by atoms with Gasteiger partial charge in [0, 0.05) is 19.3 Å². The molecule has 1 rings (SSSR count). The van der Waals surface area contributed by atoms with Crippen LogP contribution < -0.4 is 4.90 Å². The normalized spacial score (nSPS) is 10.8. The molecule has 0 bridgehead atoms. The number of aromatic nitrogens is 1. The van der Waals surface area contributed by atoms with Crippen LogP contribution in [-0.2, 0) is 6.61 Å². The Kier molecular flexibility index (Phi) is 3.05. The van der Waals surface area contributed by atoms with Gasteiger partial charge in [-0.1, -0.05) is 11.3 Å². The number of hydrogen-bond acceptors (Lipinski definition) is 4. The topological polar surface area (TPSA) is 36.4 Å². The van der Waals surface area contributed by atoms with Gasteiger partial charge in [-0.05, 0) is 13.8 Å². The van der Waals surface area contributed by atoms with Crippen molar-refractivity contribution in [3.63, 3.8) is 0 Å². The van der Waals surface area contributed by atoms with Gasteiger partial charge < -0.3 is 10.0 Å². The molecule has 1 N–H and O–H groups in total. The Labute approximate surface area is 76.7 Å². The maximum atomic E-state index is 8.82. The Morgan fingerprint density at radius 2 is 2.33 bits per heavy atom. The largest absolute Gasteiger partial charge is 0.391 e. The van der Waals surface area contributed by atoms with Gasteiger partial charge in [0.1, 0.15) is 0 Å². The van der Waals surface area contributed by atoms with Gasteiger partial charge in [-0.2, -0.15) is 0 Å². The fraction of sp³-hybridized carbons (Fsp3) is 0.625. The van der Waals surface area contributed by atoms with Crippen molar-refractivity contribution in [2.45, 2.75) is 26.5 Å². The quantitative estimate of drug-likeness (QED) is 0.776. The van der Waals surface area contributed by atoms with E-state index in [9.17, 15) is 0 Å². The second-order valence-electron chi connectivity index (χ2n) is 2.97. The molecule has 12 heavy (non-hydrogen) atoms. The summed E-state index contributed by atoms with van der Waals surface area (Å²) in [6, 6.07) is 0.447. The van der Waals surface area contributed by atoms with Crippen LogP contribution >= 0.6 is 11.3 Å². The first-order valence-electron chi connectivity index (χ1n) is 3.93. The molecule has 4 heteroatoms. The summed E-state index contributed by atoms with van der Waals surface area (Å²) >= 11 is 1.53. The minimum Gasteiger partial charge on any atom is -0.391 e. The van der Waals surface area contributed by atoms with E-state index in [1.165, 1.54) is 11.3 Å². The smallest absolute Gasteiger partial charge is 0.185 e. The number of anilines is 1. The van der Waals surface area contributed by atoms with E-state index < -0.39 is 0 Å². The maximum Gasteiger partial charge on any atom is 0.185 e. The third kappa shape index (κ3) is 1.95. The summed E-state index contributed by atoms with van der Waals surface area (Å²) in [6.45, 7) is 4.31. The summed E-state index contributed by atoms with van der Waals surface area (Å²) in [6.07, 6.45) is 1.72. The molecule has 0 aromatic carbocycles. The Hall–Kier alpha value is -0.610. The van der Waals surface area contributed by atoms with Gasteiger partial charge in [-0.3, -0.25) is 0 Å². The second-order valence-corrected chi connectivity index (χ2v) is 4.07. The SMILES string of the molecule is CC(C)N(C)c1ncc(CO)s1. The van der Waals surface area contributed by atoms with Crippen molar-refractivity contribution in [2.24, 2.45) is 0 Å². The molecule has 1 aromatic rings. The molecule has 1 aromatic heterocycles. The summed E-state index contributed by atoms with van der Waals surface area (Å²) in [5.74, 6) is 0. The summed E-state index contributed by atoms with van der Waals surface area (Å²) in [4.78, 5) is 7.19. The minimum absolute atomic E-state index is 0.0869. The van der Waals surface area contributed by atoms with Crippen molar-refractivity contribution in [3.8, 4) is 0 Å². The van der Waals surface area contributed by atoms with Gasteiger partial charge >= 0.3 is 0 Å². The standard InChI is InChI=1S/C8H14N2OS/c1-6(2)10(3)8-9-4-7(5-11)12-8/h4,6,11H,5H2,1-3H3. The van der Waals surface area contributed by atoms with Gasteiger partial charge in [0.25, 0.3) is 0 Å². The molecule has 3 nitrogen and oxygen atoms in total. The number of nitrogens with zero attached hydrogens (tertiary/aromatic N) is 2. The first-order valence-corrected chi connectivity index (χ1v) is 4.75. The highest BCUT2D eigenvalue weighted by atomic mass is 32.1. The van der Waals surface area contributed by atoms with Crippen molar-refractivity contribution in [1.82, 2.24) is 4.98 Å². The van der Waals surface area contributed by atoms with E-state index in [2.05, 4.69) is 23.7 Å². The third-order valence-corrected chi connectivity index (χ3v) is 2.85. The van der Waals surface area contributed by atoms with Crippen molar-refractivity contribution in [2.75, 3.05) is 11.9 Å². The fourth-order valence-electron chi connectivity index (χ4n) is 0.754. The summed E-state index contributed by atoms with van der Waals surface area (Å²) in [5, 5.41) is 9.79. The first kappa shape index (κ1) is 9.48. The molecule has 0 amide bonds. The van der Waals surface area contributed by atoms with Crippen LogP contribution in [0.5, 0.6) is 0 Å². The lowest BCUT2D eigenvalue weighted by Crippen LogP contribution is -2.25. The molecule has 68 valence electrons. The predicted octanol–water partition coefficient (Wildman–Crippen LogP) is 1.48. The van der Waals surface area contributed by atoms with Crippen LogP contribution in [0.4, 0.5) is 5.13 Å². The second kappa shape index (κ2) is 3.87. The molecule has 0 saturated heterocycles. The van der Waals surface area contributed by atoms with Gasteiger partial charge in [-0.15, -0.1) is 0 Å². The third-order valence-electron chi connectivity index (χ3n) is 1.77. The maximum absolute atomic E-state index is 8.82. The van der Waals surface area contributed by atoms with E-state index in [1.54, 1.807) is 6.20 Å². The molecule has 0 spiro atoms. The predicted molar refractivity (Wildman–Crippen MR) is 51.6 cm³/mol.